The number of rotatable bonds is 2. The van der Waals surface area contributed by atoms with E-state index in [1.165, 1.54) is 18.2 Å². The average Bonchev–Trinajstić information content (AvgIpc) is 2.67. The average molecular weight is 441 g/mol. The lowest BCUT2D eigenvalue weighted by molar-refractivity contribution is -0.385. The smallest absolute Gasteiger partial charge is 0.338 e. The number of carbonyl (C=O) groups is 3. The van der Waals surface area contributed by atoms with Gasteiger partial charge in [0.2, 0.25) is 10.7 Å². The van der Waals surface area contributed by atoms with E-state index in [4.69, 9.17) is 4.74 Å². The van der Waals surface area contributed by atoms with Gasteiger partial charge in [-0.3, -0.25) is 19.7 Å². The molecule has 2 aliphatic rings. The van der Waals surface area contributed by atoms with Gasteiger partial charge in [-0.1, -0.05) is 23.9 Å². The topological polar surface area (TPSA) is 128 Å². The Kier molecular flexibility index (Phi) is 4.77. The summed E-state index contributed by atoms with van der Waals surface area (Å²) in [6.45, 7) is 5.28. The van der Waals surface area contributed by atoms with Crippen LogP contribution in [-0.2, 0) is 14.4 Å². The molecular formula is C21H19N3O6S. The van der Waals surface area contributed by atoms with E-state index in [2.05, 4.69) is 10.6 Å². The number of hydrogen-bond donors (Lipinski definition) is 2. The lowest BCUT2D eigenvalue weighted by Crippen LogP contribution is -2.61. The number of anilines is 1. The third-order valence-corrected chi connectivity index (χ3v) is 6.42. The fourth-order valence-electron chi connectivity index (χ4n) is 3.67. The molecular weight excluding hydrogens is 422 g/mol. The second kappa shape index (κ2) is 7.09. The maximum absolute atomic E-state index is 13.5. The van der Waals surface area contributed by atoms with Crippen molar-refractivity contribution in [3.05, 3.63) is 58.1 Å². The van der Waals surface area contributed by atoms with Gasteiger partial charge in [-0.15, -0.1) is 0 Å². The SMILES string of the molecule is CC(C)(C)NC(=O)[C@@H]1c2cc([N+](=O)[O-])ccc2OC(=O)[C@@]12Sc1ccccc1NC2=O. The first-order valence-corrected chi connectivity index (χ1v) is 10.3. The molecule has 0 fully saturated rings. The highest BCUT2D eigenvalue weighted by Crippen LogP contribution is 2.54. The Morgan fingerprint density at radius 1 is 1.23 bits per heavy atom. The van der Waals surface area contributed by atoms with Crippen LogP contribution in [0.1, 0.15) is 32.3 Å². The lowest BCUT2D eigenvalue weighted by Gasteiger charge is -2.42. The third-order valence-electron chi connectivity index (χ3n) is 4.93. The number of nitro benzene ring substituents is 1. The van der Waals surface area contributed by atoms with Crippen molar-refractivity contribution >= 4 is 40.9 Å². The number of nitrogens with one attached hydrogen (secondary N) is 2. The summed E-state index contributed by atoms with van der Waals surface area (Å²) in [6.07, 6.45) is 0. The van der Waals surface area contributed by atoms with Gasteiger partial charge >= 0.3 is 5.97 Å². The van der Waals surface area contributed by atoms with E-state index in [9.17, 15) is 24.5 Å². The van der Waals surface area contributed by atoms with E-state index in [1.54, 1.807) is 45.0 Å². The van der Waals surface area contributed by atoms with Crippen LogP contribution in [0.25, 0.3) is 0 Å². The molecule has 2 N–H and O–H groups in total. The number of thioether (sulfide) groups is 1. The van der Waals surface area contributed by atoms with Crippen molar-refractivity contribution in [3.63, 3.8) is 0 Å². The Bertz CT molecular complexity index is 1140. The number of amides is 2. The molecule has 2 atom stereocenters. The van der Waals surface area contributed by atoms with Crippen LogP contribution in [0.4, 0.5) is 11.4 Å². The zero-order valence-corrected chi connectivity index (χ0v) is 17.7. The zero-order chi connectivity index (χ0) is 22.6. The van der Waals surface area contributed by atoms with Crippen LogP contribution >= 0.6 is 11.8 Å². The number of nitrogens with zero attached hydrogens (tertiary/aromatic N) is 1. The van der Waals surface area contributed by atoms with Crippen LogP contribution < -0.4 is 15.4 Å². The molecule has 1 spiro atoms. The number of para-hydroxylation sites is 1. The van der Waals surface area contributed by atoms with Gasteiger partial charge in [0, 0.05) is 28.1 Å². The van der Waals surface area contributed by atoms with Gasteiger partial charge in [0.1, 0.15) is 11.7 Å². The first-order valence-electron chi connectivity index (χ1n) is 9.45. The van der Waals surface area contributed by atoms with E-state index in [0.717, 1.165) is 11.8 Å². The highest BCUT2D eigenvalue weighted by Gasteiger charge is 2.63. The molecule has 0 saturated heterocycles. The Morgan fingerprint density at radius 2 is 1.94 bits per heavy atom. The number of benzene rings is 2. The molecule has 2 aromatic carbocycles. The van der Waals surface area contributed by atoms with Crippen molar-refractivity contribution in [2.75, 3.05) is 5.32 Å². The molecule has 9 nitrogen and oxygen atoms in total. The minimum atomic E-state index is -1.98. The summed E-state index contributed by atoms with van der Waals surface area (Å²) in [5.74, 6) is -3.55. The van der Waals surface area contributed by atoms with Crippen LogP contribution in [0, 0.1) is 10.1 Å². The summed E-state index contributed by atoms with van der Waals surface area (Å²) in [4.78, 5) is 51.3. The van der Waals surface area contributed by atoms with Crippen LogP contribution in [0.2, 0.25) is 0 Å². The second-order valence-corrected chi connectivity index (χ2v) is 9.62. The van der Waals surface area contributed by atoms with Crippen molar-refractivity contribution in [3.8, 4) is 5.75 Å². The molecule has 10 heteroatoms. The van der Waals surface area contributed by atoms with Crippen molar-refractivity contribution in [2.24, 2.45) is 0 Å². The predicted octanol–water partition coefficient (Wildman–Crippen LogP) is 3.00. The van der Waals surface area contributed by atoms with Gasteiger partial charge in [0.25, 0.3) is 11.6 Å². The van der Waals surface area contributed by atoms with E-state index in [-0.39, 0.29) is 17.0 Å². The number of fused-ring (bicyclic) bond motifs is 2. The molecule has 0 saturated carbocycles. The highest BCUT2D eigenvalue weighted by atomic mass is 32.2. The number of ether oxygens (including phenoxy) is 1. The van der Waals surface area contributed by atoms with Gasteiger partial charge in [-0.2, -0.15) is 0 Å². The molecule has 0 unspecified atom stereocenters. The molecule has 0 aromatic heterocycles. The van der Waals surface area contributed by atoms with Crippen molar-refractivity contribution in [1.29, 1.82) is 0 Å². The third kappa shape index (κ3) is 3.42. The molecule has 2 heterocycles. The Labute approximate surface area is 181 Å². The van der Waals surface area contributed by atoms with E-state index >= 15 is 0 Å². The van der Waals surface area contributed by atoms with Gasteiger partial charge in [-0.05, 0) is 39.0 Å². The maximum Gasteiger partial charge on any atom is 0.338 e. The Morgan fingerprint density at radius 3 is 2.61 bits per heavy atom. The molecule has 2 aromatic rings. The standard InChI is InChI=1S/C21H19N3O6S/c1-20(2,3)23-17(25)16-12-10-11(24(28)29)8-9-14(12)30-19(27)21(16)18(26)22-13-6-4-5-7-15(13)31-21/h4-10,16H,1-3H3,(H,22,26)(H,23,25)/t16-,21+/m0/s1. The number of hydrogen-bond acceptors (Lipinski definition) is 7. The summed E-state index contributed by atoms with van der Waals surface area (Å²) in [5, 5.41) is 16.9. The molecule has 160 valence electrons. The van der Waals surface area contributed by atoms with Gasteiger partial charge in [-0.25, -0.2) is 4.79 Å². The molecule has 0 aliphatic carbocycles. The first-order chi connectivity index (χ1) is 14.5. The number of carbonyl (C=O) groups excluding carboxylic acids is 3. The summed E-state index contributed by atoms with van der Waals surface area (Å²) < 4.78 is 3.45. The van der Waals surface area contributed by atoms with Crippen LogP contribution in [-0.4, -0.2) is 33.0 Å². The fourth-order valence-corrected chi connectivity index (χ4v) is 5.01. The monoisotopic (exact) mass is 441 g/mol. The van der Waals surface area contributed by atoms with Gasteiger partial charge in [0.05, 0.1) is 10.6 Å². The molecule has 0 radical (unpaired) electrons. The normalized spacial score (nSPS) is 22.1. The summed E-state index contributed by atoms with van der Waals surface area (Å²) in [7, 11) is 0. The minimum Gasteiger partial charge on any atom is -0.425 e. The number of non-ortho nitro benzene ring substituents is 1. The number of esters is 1. The molecule has 2 amide bonds. The number of nitro groups is 1. The van der Waals surface area contributed by atoms with E-state index < -0.39 is 38.9 Å². The molecule has 2 aliphatic heterocycles. The van der Waals surface area contributed by atoms with Gasteiger partial charge in [0.15, 0.2) is 0 Å². The zero-order valence-electron chi connectivity index (χ0n) is 16.9. The van der Waals surface area contributed by atoms with Crippen molar-refractivity contribution in [2.45, 2.75) is 41.9 Å². The van der Waals surface area contributed by atoms with Crippen LogP contribution in [0.15, 0.2) is 47.4 Å². The largest absolute Gasteiger partial charge is 0.425 e. The quantitative estimate of drug-likeness (QED) is 0.241. The Balaban J connectivity index is 1.94. The predicted molar refractivity (Wildman–Crippen MR) is 113 cm³/mol. The Hall–Kier alpha value is -3.40. The summed E-state index contributed by atoms with van der Waals surface area (Å²) >= 11 is 0.919. The maximum atomic E-state index is 13.5. The minimum absolute atomic E-state index is 0.0162. The first kappa shape index (κ1) is 20.9. The van der Waals surface area contributed by atoms with Crippen LogP contribution in [0.3, 0.4) is 0 Å². The highest BCUT2D eigenvalue weighted by molar-refractivity contribution is 8.02. The van der Waals surface area contributed by atoms with E-state index in [0.29, 0.717) is 10.6 Å². The second-order valence-electron chi connectivity index (χ2n) is 8.33. The van der Waals surface area contributed by atoms with Crippen molar-refractivity contribution < 1.29 is 24.0 Å². The summed E-state index contributed by atoms with van der Waals surface area (Å²) in [6, 6.07) is 10.5. The lowest BCUT2D eigenvalue weighted by atomic mass is 9.80. The molecule has 4 rings (SSSR count). The van der Waals surface area contributed by atoms with Crippen LogP contribution in [0.5, 0.6) is 5.75 Å². The van der Waals surface area contributed by atoms with Crippen molar-refractivity contribution in [1.82, 2.24) is 5.32 Å². The summed E-state index contributed by atoms with van der Waals surface area (Å²) in [5.41, 5.74) is -0.329. The molecule has 31 heavy (non-hydrogen) atoms. The van der Waals surface area contributed by atoms with E-state index in [1.807, 2.05) is 0 Å². The van der Waals surface area contributed by atoms with Gasteiger partial charge < -0.3 is 15.4 Å². The fraction of sp³-hybridized carbons (Fsp3) is 0.286. The molecule has 0 bridgehead atoms.